The van der Waals surface area contributed by atoms with Gasteiger partial charge in [0.2, 0.25) is 5.91 Å². The van der Waals surface area contributed by atoms with Gasteiger partial charge in [0.25, 0.3) is 5.91 Å². The van der Waals surface area contributed by atoms with Crippen molar-refractivity contribution >= 4 is 40.3 Å². The molecule has 2 aromatic rings. The normalized spacial score (nSPS) is 18.4. The first-order chi connectivity index (χ1) is 19.2. The maximum absolute atomic E-state index is 13.0. The van der Waals surface area contributed by atoms with Crippen LogP contribution in [0.2, 0.25) is 0 Å². The van der Waals surface area contributed by atoms with Crippen molar-refractivity contribution in [2.75, 3.05) is 13.6 Å². The van der Waals surface area contributed by atoms with Gasteiger partial charge >= 0.3 is 0 Å². The van der Waals surface area contributed by atoms with Crippen molar-refractivity contribution in [3.63, 3.8) is 0 Å². The van der Waals surface area contributed by atoms with Gasteiger partial charge in [-0.3, -0.25) is 9.59 Å². The Hall–Kier alpha value is -2.98. The molecule has 7 N–H and O–H groups in total. The summed E-state index contributed by atoms with van der Waals surface area (Å²) in [5.41, 5.74) is 9.74. The van der Waals surface area contributed by atoms with Gasteiger partial charge in [0, 0.05) is 34.8 Å². The highest BCUT2D eigenvalue weighted by atomic mass is 32.1. The largest absolute Gasteiger partial charge is 0.385 e. The monoisotopic (exact) mass is 588 g/mol. The minimum Gasteiger partial charge on any atom is -0.385 e. The molecule has 40 heavy (non-hydrogen) atoms. The second-order valence-corrected chi connectivity index (χ2v) is 11.9. The van der Waals surface area contributed by atoms with Gasteiger partial charge in [-0.25, -0.2) is 11.4 Å². The molecule has 0 spiro atoms. The van der Waals surface area contributed by atoms with E-state index in [1.54, 1.807) is 30.2 Å². The summed E-state index contributed by atoms with van der Waals surface area (Å²) in [7, 11) is 1.63. The number of hydrazine groups is 1. The second-order valence-electron chi connectivity index (χ2n) is 9.77. The number of amidine groups is 1. The van der Waals surface area contributed by atoms with E-state index in [0.717, 1.165) is 29.7 Å². The number of thiophene rings is 2. The average Bonchev–Trinajstić information content (AvgIpc) is 3.31. The fourth-order valence-corrected chi connectivity index (χ4v) is 6.55. The Bertz CT molecular complexity index is 1170. The van der Waals surface area contributed by atoms with Gasteiger partial charge < -0.3 is 21.3 Å². The van der Waals surface area contributed by atoms with Crippen LogP contribution in [0.4, 0.5) is 0 Å². The van der Waals surface area contributed by atoms with Crippen LogP contribution in [-0.2, 0) is 17.6 Å². The standard InChI is InChI=1S/C26H38N8O2S2.C2H6/c1-15-11-21(15)34(17(3)13-27)24(35)14-31-16(2)12-20(25(28)32-33-29)19-9-10-37-22(19)7-5-18-6-8-23(38-18)26(36)30-4;1-2/h6,8-10,15-17,20-21,31,33H,5,7,11-12,14,29H2,1-4H3,(H2,28,32)(H,30,36);1-2H3/t15?,16?,17-,20?,21?;/m0./s1. The molecule has 0 bridgehead atoms. The summed E-state index contributed by atoms with van der Waals surface area (Å²) < 4.78 is 0. The Morgan fingerprint density at radius 2 is 1.95 bits per heavy atom. The molecule has 3 rings (SSSR count). The summed E-state index contributed by atoms with van der Waals surface area (Å²) in [6, 6.07) is 7.76. The fourth-order valence-electron chi connectivity index (χ4n) is 4.65. The molecule has 2 aromatic heterocycles. The lowest BCUT2D eigenvalue weighted by molar-refractivity contribution is -0.132. The SMILES string of the molecule is CC.CNC(=O)c1ccc(CCc2sccc2C(CC(C)NCC(=O)N(C2CC2C)[C@@H](C)C#N)/C(N)=N/NN)s1. The molecule has 0 radical (unpaired) electrons. The van der Waals surface area contributed by atoms with E-state index >= 15 is 0 Å². The van der Waals surface area contributed by atoms with Crippen molar-refractivity contribution < 1.29 is 9.59 Å². The van der Waals surface area contributed by atoms with Gasteiger partial charge in [0.05, 0.1) is 17.5 Å². The third kappa shape index (κ3) is 9.02. The number of carbonyl (C=O) groups excluding carboxylic acids is 2. The Morgan fingerprint density at radius 3 is 2.55 bits per heavy atom. The minimum atomic E-state index is -0.454. The quantitative estimate of drug-likeness (QED) is 0.0979. The molecule has 0 saturated heterocycles. The molecule has 220 valence electrons. The van der Waals surface area contributed by atoms with Crippen molar-refractivity contribution in [2.45, 2.75) is 84.3 Å². The highest BCUT2D eigenvalue weighted by Crippen LogP contribution is 2.36. The molecule has 2 heterocycles. The molecule has 1 aliphatic rings. The first-order valence-electron chi connectivity index (χ1n) is 13.8. The van der Waals surface area contributed by atoms with Gasteiger partial charge in [-0.2, -0.15) is 10.4 Å². The van der Waals surface area contributed by atoms with E-state index in [2.05, 4.69) is 40.3 Å². The zero-order valence-corrected chi connectivity index (χ0v) is 26.0. The Morgan fingerprint density at radius 1 is 1.25 bits per heavy atom. The number of nitrogens with two attached hydrogens (primary N) is 2. The van der Waals surface area contributed by atoms with Crippen LogP contribution in [0.5, 0.6) is 0 Å². The number of aryl methyl sites for hydroxylation is 2. The van der Waals surface area contributed by atoms with Crippen molar-refractivity contribution in [3.05, 3.63) is 43.8 Å². The summed E-state index contributed by atoms with van der Waals surface area (Å²) in [4.78, 5) is 29.6. The highest BCUT2D eigenvalue weighted by molar-refractivity contribution is 7.14. The smallest absolute Gasteiger partial charge is 0.261 e. The number of nitriles is 1. The van der Waals surface area contributed by atoms with E-state index in [-0.39, 0.29) is 36.4 Å². The molecule has 0 aromatic carbocycles. The number of hydrazone groups is 1. The summed E-state index contributed by atoms with van der Waals surface area (Å²) in [6.07, 6.45) is 3.17. The van der Waals surface area contributed by atoms with Gasteiger partial charge in [0.1, 0.15) is 11.9 Å². The van der Waals surface area contributed by atoms with Crippen LogP contribution in [0.3, 0.4) is 0 Å². The number of rotatable bonds is 14. The average molecular weight is 589 g/mol. The number of nitrogens with one attached hydrogen (secondary N) is 3. The van der Waals surface area contributed by atoms with E-state index in [1.165, 1.54) is 16.2 Å². The third-order valence-corrected chi connectivity index (χ3v) is 9.06. The third-order valence-electron chi connectivity index (χ3n) is 6.92. The summed E-state index contributed by atoms with van der Waals surface area (Å²) >= 11 is 3.17. The van der Waals surface area contributed by atoms with Crippen LogP contribution in [0.15, 0.2) is 28.7 Å². The molecule has 2 amide bonds. The molecular formula is C28H44N8O2S2. The van der Waals surface area contributed by atoms with E-state index in [4.69, 9.17) is 11.6 Å². The van der Waals surface area contributed by atoms with Crippen LogP contribution in [0.25, 0.3) is 0 Å². The molecule has 10 nitrogen and oxygen atoms in total. The number of carbonyl (C=O) groups is 2. The van der Waals surface area contributed by atoms with Crippen LogP contribution < -0.4 is 27.7 Å². The predicted octanol–water partition coefficient (Wildman–Crippen LogP) is 3.32. The predicted molar refractivity (Wildman–Crippen MR) is 164 cm³/mol. The number of amides is 2. The lowest BCUT2D eigenvalue weighted by Crippen LogP contribution is -2.46. The van der Waals surface area contributed by atoms with Crippen molar-refractivity contribution in [3.8, 4) is 6.07 Å². The van der Waals surface area contributed by atoms with Crippen molar-refractivity contribution in [1.29, 1.82) is 5.26 Å². The van der Waals surface area contributed by atoms with Crippen LogP contribution in [-0.4, -0.2) is 54.3 Å². The minimum absolute atomic E-state index is 0.0495. The van der Waals surface area contributed by atoms with Crippen molar-refractivity contribution in [1.82, 2.24) is 21.1 Å². The summed E-state index contributed by atoms with van der Waals surface area (Å²) in [5, 5.41) is 21.5. The molecule has 1 saturated carbocycles. The van der Waals surface area contributed by atoms with E-state index in [0.29, 0.717) is 23.1 Å². The van der Waals surface area contributed by atoms with Gasteiger partial charge in [0.15, 0.2) is 0 Å². The Labute approximate surface area is 246 Å². The van der Waals surface area contributed by atoms with Gasteiger partial charge in [-0.05, 0) is 74.6 Å². The second kappa shape index (κ2) is 16.3. The number of nitrogens with zero attached hydrogens (tertiary/aromatic N) is 3. The molecule has 4 unspecified atom stereocenters. The first kappa shape index (κ1) is 33.2. The Balaban J connectivity index is 0.00000274. The summed E-state index contributed by atoms with van der Waals surface area (Å²) in [5.74, 6) is 5.90. The number of hydrogen-bond donors (Lipinski definition) is 5. The van der Waals surface area contributed by atoms with Crippen LogP contribution in [0, 0.1) is 17.2 Å². The maximum Gasteiger partial charge on any atom is 0.261 e. The molecular weight excluding hydrogens is 544 g/mol. The molecule has 1 fully saturated rings. The topological polar surface area (TPSA) is 162 Å². The molecule has 0 aliphatic heterocycles. The summed E-state index contributed by atoms with van der Waals surface area (Å²) in [6.45, 7) is 10.0. The zero-order valence-electron chi connectivity index (χ0n) is 24.4. The van der Waals surface area contributed by atoms with E-state index in [9.17, 15) is 14.9 Å². The lowest BCUT2D eigenvalue weighted by Gasteiger charge is -2.27. The van der Waals surface area contributed by atoms with E-state index < -0.39 is 6.04 Å². The molecule has 12 heteroatoms. The maximum atomic E-state index is 13.0. The molecule has 5 atom stereocenters. The highest BCUT2D eigenvalue weighted by Gasteiger charge is 2.42. The Kier molecular flexibility index (Phi) is 13.6. The van der Waals surface area contributed by atoms with Crippen LogP contribution in [0.1, 0.15) is 78.4 Å². The lowest BCUT2D eigenvalue weighted by atomic mass is 9.91. The van der Waals surface area contributed by atoms with E-state index in [1.807, 2.05) is 38.3 Å². The number of hydrogen-bond acceptors (Lipinski definition) is 9. The zero-order chi connectivity index (χ0) is 29.8. The first-order valence-corrected chi connectivity index (χ1v) is 15.5. The fraction of sp³-hybridized carbons (Fsp3) is 0.571. The van der Waals surface area contributed by atoms with Gasteiger partial charge in [-0.1, -0.05) is 20.8 Å². The molecule has 1 aliphatic carbocycles. The van der Waals surface area contributed by atoms with Gasteiger partial charge in [-0.15, -0.1) is 22.7 Å². The van der Waals surface area contributed by atoms with Crippen LogP contribution >= 0.6 is 22.7 Å². The van der Waals surface area contributed by atoms with Crippen molar-refractivity contribution in [2.24, 2.45) is 22.6 Å².